The van der Waals surface area contributed by atoms with E-state index >= 15 is 0 Å². The standard InChI is InChI=1S/C21H24F3NO2/c1-15(27-18-8-3-2-4-9-18)13-25-11-10-19(20(26)14-25)16-6-5-7-17(12-16)21(22,23)24/h2-9,12,15,19-20,26H,10-11,13-14H2,1H3. The summed E-state index contributed by atoms with van der Waals surface area (Å²) in [5, 5.41) is 10.5. The van der Waals surface area contributed by atoms with E-state index in [9.17, 15) is 18.3 Å². The van der Waals surface area contributed by atoms with E-state index in [-0.39, 0.29) is 12.0 Å². The lowest BCUT2D eigenvalue weighted by molar-refractivity contribution is -0.137. The van der Waals surface area contributed by atoms with Crippen LogP contribution in [0.15, 0.2) is 54.6 Å². The second-order valence-corrected chi connectivity index (χ2v) is 7.09. The predicted octanol–water partition coefficient (Wildman–Crippen LogP) is 4.32. The molecule has 27 heavy (non-hydrogen) atoms. The number of ether oxygens (including phenoxy) is 1. The number of rotatable bonds is 5. The third-order valence-electron chi connectivity index (χ3n) is 4.90. The summed E-state index contributed by atoms with van der Waals surface area (Å²) in [7, 11) is 0. The van der Waals surface area contributed by atoms with Gasteiger partial charge in [0.1, 0.15) is 11.9 Å². The number of hydrogen-bond acceptors (Lipinski definition) is 3. The summed E-state index contributed by atoms with van der Waals surface area (Å²) < 4.78 is 44.7. The minimum absolute atomic E-state index is 0.0512. The molecule has 0 bridgehead atoms. The second kappa shape index (κ2) is 8.31. The third kappa shape index (κ3) is 5.23. The Hall–Kier alpha value is -2.05. The van der Waals surface area contributed by atoms with E-state index in [4.69, 9.17) is 4.74 Å². The van der Waals surface area contributed by atoms with Crippen LogP contribution in [-0.4, -0.2) is 41.8 Å². The lowest BCUT2D eigenvalue weighted by Gasteiger charge is -2.37. The van der Waals surface area contributed by atoms with E-state index in [0.717, 1.165) is 17.9 Å². The van der Waals surface area contributed by atoms with Gasteiger partial charge >= 0.3 is 6.18 Å². The molecule has 3 nitrogen and oxygen atoms in total. The monoisotopic (exact) mass is 379 g/mol. The highest BCUT2D eigenvalue weighted by molar-refractivity contribution is 5.29. The molecular weight excluding hydrogens is 355 g/mol. The van der Waals surface area contributed by atoms with Crippen molar-refractivity contribution in [1.29, 1.82) is 0 Å². The molecule has 2 aromatic carbocycles. The SMILES string of the molecule is CC(CN1CCC(c2cccc(C(F)(F)F)c2)C(O)C1)Oc1ccccc1. The number of para-hydroxylation sites is 1. The summed E-state index contributed by atoms with van der Waals surface area (Å²) in [5.74, 6) is 0.512. The number of halogens is 3. The first kappa shape index (κ1) is 19.7. The Kier molecular flexibility index (Phi) is 6.07. The normalized spacial score (nSPS) is 22.4. The van der Waals surface area contributed by atoms with E-state index in [1.807, 2.05) is 37.3 Å². The average Bonchev–Trinajstić information content (AvgIpc) is 2.62. The summed E-state index contributed by atoms with van der Waals surface area (Å²) >= 11 is 0. The molecule has 0 amide bonds. The Morgan fingerprint density at radius 3 is 2.56 bits per heavy atom. The van der Waals surface area contributed by atoms with Crippen LogP contribution in [0.3, 0.4) is 0 Å². The van der Waals surface area contributed by atoms with Crippen molar-refractivity contribution >= 4 is 0 Å². The lowest BCUT2D eigenvalue weighted by atomic mass is 9.86. The number of aliphatic hydroxyl groups excluding tert-OH is 1. The van der Waals surface area contributed by atoms with Gasteiger partial charge in [-0.3, -0.25) is 4.90 Å². The lowest BCUT2D eigenvalue weighted by Crippen LogP contribution is -2.46. The summed E-state index contributed by atoms with van der Waals surface area (Å²) in [5.41, 5.74) is -0.120. The van der Waals surface area contributed by atoms with Gasteiger partial charge in [-0.2, -0.15) is 13.2 Å². The smallest absolute Gasteiger partial charge is 0.416 e. The maximum atomic E-state index is 12.9. The molecular formula is C21H24F3NO2. The van der Waals surface area contributed by atoms with Crippen LogP contribution in [-0.2, 0) is 6.18 Å². The van der Waals surface area contributed by atoms with E-state index in [2.05, 4.69) is 4.90 Å². The minimum Gasteiger partial charge on any atom is -0.489 e. The van der Waals surface area contributed by atoms with Crippen LogP contribution in [0.2, 0.25) is 0 Å². The van der Waals surface area contributed by atoms with Crippen molar-refractivity contribution in [2.75, 3.05) is 19.6 Å². The molecule has 0 saturated carbocycles. The molecule has 146 valence electrons. The first-order chi connectivity index (χ1) is 12.8. The Labute approximate surface area is 157 Å². The molecule has 1 aliphatic rings. The summed E-state index contributed by atoms with van der Waals surface area (Å²) in [6.45, 7) is 3.75. The number of piperidine rings is 1. The number of likely N-dealkylation sites (tertiary alicyclic amines) is 1. The zero-order valence-corrected chi connectivity index (χ0v) is 15.2. The van der Waals surface area contributed by atoms with Crippen molar-refractivity contribution < 1.29 is 23.0 Å². The number of benzene rings is 2. The Balaban J connectivity index is 1.58. The largest absolute Gasteiger partial charge is 0.489 e. The van der Waals surface area contributed by atoms with Gasteiger partial charge in [0, 0.05) is 19.0 Å². The van der Waals surface area contributed by atoms with Crippen LogP contribution in [0.4, 0.5) is 13.2 Å². The van der Waals surface area contributed by atoms with E-state index in [1.54, 1.807) is 6.07 Å². The van der Waals surface area contributed by atoms with Crippen molar-refractivity contribution in [3.8, 4) is 5.75 Å². The van der Waals surface area contributed by atoms with Crippen molar-refractivity contribution in [3.63, 3.8) is 0 Å². The van der Waals surface area contributed by atoms with Crippen molar-refractivity contribution in [3.05, 3.63) is 65.7 Å². The quantitative estimate of drug-likeness (QED) is 0.840. The number of nitrogens with zero attached hydrogens (tertiary/aromatic N) is 1. The number of alkyl halides is 3. The average molecular weight is 379 g/mol. The summed E-state index contributed by atoms with van der Waals surface area (Å²) in [6, 6.07) is 14.8. The molecule has 6 heteroatoms. The van der Waals surface area contributed by atoms with Crippen LogP contribution in [0.25, 0.3) is 0 Å². The molecule has 0 aliphatic carbocycles. The fourth-order valence-electron chi connectivity index (χ4n) is 3.63. The second-order valence-electron chi connectivity index (χ2n) is 7.09. The van der Waals surface area contributed by atoms with Gasteiger partial charge in [-0.1, -0.05) is 36.4 Å². The van der Waals surface area contributed by atoms with Gasteiger partial charge in [0.2, 0.25) is 0 Å². The Morgan fingerprint density at radius 1 is 1.15 bits per heavy atom. The van der Waals surface area contributed by atoms with Gasteiger partial charge in [-0.05, 0) is 43.7 Å². The first-order valence-electron chi connectivity index (χ1n) is 9.12. The van der Waals surface area contributed by atoms with Crippen LogP contribution in [0.5, 0.6) is 5.75 Å². The first-order valence-corrected chi connectivity index (χ1v) is 9.12. The van der Waals surface area contributed by atoms with E-state index in [0.29, 0.717) is 31.6 Å². The van der Waals surface area contributed by atoms with Gasteiger partial charge < -0.3 is 9.84 Å². The fourth-order valence-corrected chi connectivity index (χ4v) is 3.63. The zero-order valence-electron chi connectivity index (χ0n) is 15.2. The van der Waals surface area contributed by atoms with Crippen LogP contribution in [0.1, 0.15) is 30.4 Å². The van der Waals surface area contributed by atoms with Gasteiger partial charge in [0.15, 0.2) is 0 Å². The maximum absolute atomic E-state index is 12.9. The molecule has 3 unspecified atom stereocenters. The van der Waals surface area contributed by atoms with Crippen molar-refractivity contribution in [2.45, 2.75) is 37.6 Å². The molecule has 0 spiro atoms. The van der Waals surface area contributed by atoms with Crippen molar-refractivity contribution in [2.24, 2.45) is 0 Å². The summed E-state index contributed by atoms with van der Waals surface area (Å²) in [4.78, 5) is 2.10. The number of aliphatic hydroxyl groups is 1. The molecule has 1 fully saturated rings. The maximum Gasteiger partial charge on any atom is 0.416 e. The number of hydrogen-bond donors (Lipinski definition) is 1. The van der Waals surface area contributed by atoms with E-state index < -0.39 is 17.8 Å². The van der Waals surface area contributed by atoms with E-state index in [1.165, 1.54) is 6.07 Å². The molecule has 1 heterocycles. The Bertz CT molecular complexity index is 736. The van der Waals surface area contributed by atoms with Gasteiger partial charge in [0.25, 0.3) is 0 Å². The highest BCUT2D eigenvalue weighted by Crippen LogP contribution is 2.34. The van der Waals surface area contributed by atoms with Crippen LogP contribution in [0, 0.1) is 0 Å². The molecule has 2 aromatic rings. The topological polar surface area (TPSA) is 32.7 Å². The fraction of sp³-hybridized carbons (Fsp3) is 0.429. The van der Waals surface area contributed by atoms with Gasteiger partial charge in [-0.15, -0.1) is 0 Å². The van der Waals surface area contributed by atoms with Gasteiger partial charge in [-0.25, -0.2) is 0 Å². The minimum atomic E-state index is -4.37. The predicted molar refractivity (Wildman–Crippen MR) is 97.8 cm³/mol. The third-order valence-corrected chi connectivity index (χ3v) is 4.90. The summed E-state index contributed by atoms with van der Waals surface area (Å²) in [6.07, 6.45) is -4.51. The molecule has 3 atom stereocenters. The molecule has 0 aromatic heterocycles. The number of β-amino-alcohol motifs (C(OH)–C–C–N with tert-alkyl or cyclic N) is 1. The Morgan fingerprint density at radius 2 is 1.89 bits per heavy atom. The highest BCUT2D eigenvalue weighted by Gasteiger charge is 2.33. The molecule has 1 saturated heterocycles. The molecule has 1 N–H and O–H groups in total. The van der Waals surface area contributed by atoms with Crippen molar-refractivity contribution in [1.82, 2.24) is 4.90 Å². The highest BCUT2D eigenvalue weighted by atomic mass is 19.4. The molecule has 0 radical (unpaired) electrons. The molecule has 3 rings (SSSR count). The van der Waals surface area contributed by atoms with Gasteiger partial charge in [0.05, 0.1) is 11.7 Å². The molecule has 1 aliphatic heterocycles. The van der Waals surface area contributed by atoms with Crippen LogP contribution >= 0.6 is 0 Å². The zero-order chi connectivity index (χ0) is 19.4. The van der Waals surface area contributed by atoms with Crippen LogP contribution < -0.4 is 4.74 Å².